The molecule has 1 aliphatic heterocycles. The monoisotopic (exact) mass is 258 g/mol. The summed E-state index contributed by atoms with van der Waals surface area (Å²) in [7, 11) is 0. The Morgan fingerprint density at radius 3 is 2.32 bits per heavy atom. The largest absolute Gasteiger partial charge is 0.321 e. The van der Waals surface area contributed by atoms with Crippen LogP contribution in [0.2, 0.25) is 0 Å². The molecule has 0 aliphatic carbocycles. The molecule has 1 N–H and O–H groups in total. The van der Waals surface area contributed by atoms with Gasteiger partial charge in [0.25, 0.3) is 0 Å². The topological polar surface area (TPSA) is 66.5 Å². The van der Waals surface area contributed by atoms with Gasteiger partial charge in [-0.25, -0.2) is 0 Å². The molecule has 0 saturated carbocycles. The summed E-state index contributed by atoms with van der Waals surface area (Å²) in [5.74, 6) is -1.24. The first-order valence-corrected chi connectivity index (χ1v) is 5.91. The number of nitrogens with zero attached hydrogens (tertiary/aromatic N) is 1. The van der Waals surface area contributed by atoms with E-state index in [1.165, 1.54) is 11.0 Å². The maximum absolute atomic E-state index is 11.8. The number of piperazine rings is 1. The van der Waals surface area contributed by atoms with Gasteiger partial charge in [-0.1, -0.05) is 29.8 Å². The lowest BCUT2D eigenvalue weighted by molar-refractivity contribution is -0.143. The number of hydrogen-bond acceptors (Lipinski definition) is 3. The van der Waals surface area contributed by atoms with Crippen molar-refractivity contribution in [1.29, 1.82) is 0 Å². The van der Waals surface area contributed by atoms with E-state index in [0.29, 0.717) is 0 Å². The first kappa shape index (κ1) is 13.0. The van der Waals surface area contributed by atoms with Crippen molar-refractivity contribution in [2.75, 3.05) is 13.1 Å². The number of aryl methyl sites for hydroxylation is 1. The molecule has 1 aliphatic rings. The van der Waals surface area contributed by atoms with Gasteiger partial charge in [0, 0.05) is 6.08 Å². The minimum Gasteiger partial charge on any atom is -0.321 e. The Morgan fingerprint density at radius 2 is 1.74 bits per heavy atom. The molecule has 1 fully saturated rings. The minimum absolute atomic E-state index is 0.0805. The van der Waals surface area contributed by atoms with Crippen LogP contribution in [0.4, 0.5) is 0 Å². The van der Waals surface area contributed by atoms with Gasteiger partial charge in [-0.05, 0) is 18.6 Å². The van der Waals surface area contributed by atoms with Crippen molar-refractivity contribution in [1.82, 2.24) is 10.2 Å². The predicted octanol–water partition coefficient (Wildman–Crippen LogP) is 0.493. The smallest absolute Gasteiger partial charge is 0.247 e. The van der Waals surface area contributed by atoms with Gasteiger partial charge < -0.3 is 4.90 Å². The Labute approximate surface area is 110 Å². The Morgan fingerprint density at radius 1 is 1.16 bits per heavy atom. The first-order chi connectivity index (χ1) is 9.04. The van der Waals surface area contributed by atoms with E-state index in [1.807, 2.05) is 31.2 Å². The second-order valence-electron chi connectivity index (χ2n) is 4.41. The summed E-state index contributed by atoms with van der Waals surface area (Å²) in [5, 5.41) is 2.15. The summed E-state index contributed by atoms with van der Waals surface area (Å²) >= 11 is 0. The van der Waals surface area contributed by atoms with Gasteiger partial charge in [0.2, 0.25) is 17.7 Å². The number of carbonyl (C=O) groups is 3. The average molecular weight is 258 g/mol. The highest BCUT2D eigenvalue weighted by atomic mass is 16.2. The van der Waals surface area contributed by atoms with Crippen LogP contribution in [-0.4, -0.2) is 35.7 Å². The summed E-state index contributed by atoms with van der Waals surface area (Å²) in [4.78, 5) is 35.4. The van der Waals surface area contributed by atoms with Crippen molar-refractivity contribution >= 4 is 23.8 Å². The van der Waals surface area contributed by atoms with Crippen LogP contribution in [0.15, 0.2) is 30.3 Å². The number of carbonyl (C=O) groups excluding carboxylic acids is 3. The third kappa shape index (κ3) is 3.51. The van der Waals surface area contributed by atoms with Crippen LogP contribution in [0.25, 0.3) is 6.08 Å². The summed E-state index contributed by atoms with van der Waals surface area (Å²) in [6.07, 6.45) is 3.04. The van der Waals surface area contributed by atoms with Crippen molar-refractivity contribution in [3.8, 4) is 0 Å². The molecule has 1 aromatic rings. The molecule has 3 amide bonds. The summed E-state index contributed by atoms with van der Waals surface area (Å²) in [5.41, 5.74) is 2.04. The van der Waals surface area contributed by atoms with Crippen molar-refractivity contribution in [3.05, 3.63) is 41.5 Å². The van der Waals surface area contributed by atoms with Crippen molar-refractivity contribution in [2.45, 2.75) is 6.92 Å². The van der Waals surface area contributed by atoms with Gasteiger partial charge in [-0.3, -0.25) is 19.7 Å². The van der Waals surface area contributed by atoms with Crippen LogP contribution in [0.3, 0.4) is 0 Å². The predicted molar refractivity (Wildman–Crippen MR) is 69.9 cm³/mol. The standard InChI is InChI=1S/C14H14N2O3/c1-10-2-4-11(5-3-10)6-7-14(19)16-8-12(17)15-13(18)9-16/h2-7H,8-9H2,1H3,(H,15,17,18). The molecule has 0 bridgehead atoms. The molecule has 5 nitrogen and oxygen atoms in total. The van der Waals surface area contributed by atoms with Crippen LogP contribution in [0.5, 0.6) is 0 Å². The van der Waals surface area contributed by atoms with E-state index < -0.39 is 11.8 Å². The molecular formula is C14H14N2O3. The number of hydrogen-bond donors (Lipinski definition) is 1. The lowest BCUT2D eigenvalue weighted by Crippen LogP contribution is -2.52. The van der Waals surface area contributed by atoms with E-state index in [0.717, 1.165) is 11.1 Å². The highest BCUT2D eigenvalue weighted by Crippen LogP contribution is 2.06. The fourth-order valence-corrected chi connectivity index (χ4v) is 1.74. The zero-order valence-corrected chi connectivity index (χ0v) is 10.6. The van der Waals surface area contributed by atoms with E-state index in [4.69, 9.17) is 0 Å². The van der Waals surface area contributed by atoms with Crippen LogP contribution >= 0.6 is 0 Å². The number of benzene rings is 1. The minimum atomic E-state index is -0.451. The molecule has 1 aromatic carbocycles. The molecule has 0 spiro atoms. The Kier molecular flexibility index (Phi) is 3.75. The van der Waals surface area contributed by atoms with Crippen LogP contribution < -0.4 is 5.32 Å². The SMILES string of the molecule is Cc1ccc(C=CC(=O)N2CC(=O)NC(=O)C2)cc1. The molecule has 5 heteroatoms. The highest BCUT2D eigenvalue weighted by molar-refractivity contribution is 6.04. The fourth-order valence-electron chi connectivity index (χ4n) is 1.74. The molecule has 98 valence electrons. The normalized spacial score (nSPS) is 15.7. The fraction of sp³-hybridized carbons (Fsp3) is 0.214. The molecule has 1 saturated heterocycles. The molecular weight excluding hydrogens is 244 g/mol. The third-order valence-corrected chi connectivity index (χ3v) is 2.76. The Hall–Kier alpha value is -2.43. The summed E-state index contributed by atoms with van der Waals surface area (Å²) in [6, 6.07) is 7.68. The highest BCUT2D eigenvalue weighted by Gasteiger charge is 2.24. The zero-order chi connectivity index (χ0) is 13.8. The number of rotatable bonds is 2. The lowest BCUT2D eigenvalue weighted by Gasteiger charge is -2.24. The van der Waals surface area contributed by atoms with Crippen molar-refractivity contribution in [2.24, 2.45) is 0 Å². The second kappa shape index (κ2) is 5.48. The average Bonchev–Trinajstić information content (AvgIpc) is 2.36. The molecule has 0 unspecified atom stereocenters. The number of nitrogens with one attached hydrogen (secondary N) is 1. The molecule has 0 radical (unpaired) electrons. The van der Waals surface area contributed by atoms with E-state index in [9.17, 15) is 14.4 Å². The number of imide groups is 1. The molecule has 0 atom stereocenters. The van der Waals surface area contributed by atoms with Gasteiger partial charge >= 0.3 is 0 Å². The van der Waals surface area contributed by atoms with Gasteiger partial charge in [-0.15, -0.1) is 0 Å². The summed E-state index contributed by atoms with van der Waals surface area (Å²) in [6.45, 7) is 1.82. The van der Waals surface area contributed by atoms with Crippen LogP contribution in [-0.2, 0) is 14.4 Å². The van der Waals surface area contributed by atoms with Crippen molar-refractivity contribution in [3.63, 3.8) is 0 Å². The van der Waals surface area contributed by atoms with E-state index in [1.54, 1.807) is 6.08 Å². The van der Waals surface area contributed by atoms with E-state index >= 15 is 0 Å². The van der Waals surface area contributed by atoms with Crippen LogP contribution in [0, 0.1) is 6.92 Å². The second-order valence-corrected chi connectivity index (χ2v) is 4.41. The molecule has 2 rings (SSSR count). The zero-order valence-electron chi connectivity index (χ0n) is 10.6. The molecule has 19 heavy (non-hydrogen) atoms. The van der Waals surface area contributed by atoms with Crippen molar-refractivity contribution < 1.29 is 14.4 Å². The molecule has 1 heterocycles. The van der Waals surface area contributed by atoms with E-state index in [-0.39, 0.29) is 19.0 Å². The lowest BCUT2D eigenvalue weighted by atomic mass is 10.1. The molecule has 0 aromatic heterocycles. The number of amides is 3. The van der Waals surface area contributed by atoms with Gasteiger partial charge in [-0.2, -0.15) is 0 Å². The maximum atomic E-state index is 11.8. The van der Waals surface area contributed by atoms with Crippen LogP contribution in [0.1, 0.15) is 11.1 Å². The summed E-state index contributed by atoms with van der Waals surface area (Å²) < 4.78 is 0. The van der Waals surface area contributed by atoms with Gasteiger partial charge in [0.1, 0.15) is 13.1 Å². The maximum Gasteiger partial charge on any atom is 0.247 e. The third-order valence-electron chi connectivity index (χ3n) is 2.76. The van der Waals surface area contributed by atoms with Gasteiger partial charge in [0.05, 0.1) is 0 Å². The van der Waals surface area contributed by atoms with Gasteiger partial charge in [0.15, 0.2) is 0 Å². The first-order valence-electron chi connectivity index (χ1n) is 5.91. The van der Waals surface area contributed by atoms with E-state index in [2.05, 4.69) is 5.32 Å². The Bertz CT molecular complexity index is 530. The quantitative estimate of drug-likeness (QED) is 0.620. The Balaban J connectivity index is 2.02.